The summed E-state index contributed by atoms with van der Waals surface area (Å²) in [5.41, 5.74) is 0.980. The van der Waals surface area contributed by atoms with Crippen LogP contribution in [0.15, 0.2) is 48.5 Å². The molecule has 2 rings (SSSR count). The third-order valence-corrected chi connectivity index (χ3v) is 3.44. The topological polar surface area (TPSA) is 39.7 Å². The lowest BCUT2D eigenvalue weighted by molar-refractivity contribution is 0.223. The standard InChI is InChI=1S/C20H27NO3/c1-15(2)14-23-18-10-6-5-9-17(18)21-13-16(3)24-20-12-8-7-11-19(20)22-4/h5-12,15-16,21H,13-14H2,1-4H3. The fourth-order valence-electron chi connectivity index (χ4n) is 2.22. The number of hydrogen-bond donors (Lipinski definition) is 1. The van der Waals surface area contributed by atoms with Gasteiger partial charge in [0.05, 0.1) is 25.9 Å². The van der Waals surface area contributed by atoms with E-state index < -0.39 is 0 Å². The lowest BCUT2D eigenvalue weighted by Gasteiger charge is -2.19. The summed E-state index contributed by atoms with van der Waals surface area (Å²) in [7, 11) is 1.65. The van der Waals surface area contributed by atoms with Crippen LogP contribution in [0.1, 0.15) is 20.8 Å². The number of anilines is 1. The van der Waals surface area contributed by atoms with Gasteiger partial charge in [0.25, 0.3) is 0 Å². The van der Waals surface area contributed by atoms with Gasteiger partial charge in [0.15, 0.2) is 11.5 Å². The van der Waals surface area contributed by atoms with E-state index in [1.807, 2.05) is 55.5 Å². The normalized spacial score (nSPS) is 11.9. The van der Waals surface area contributed by atoms with Crippen molar-refractivity contribution in [3.63, 3.8) is 0 Å². The van der Waals surface area contributed by atoms with Crippen LogP contribution in [0, 0.1) is 5.92 Å². The highest BCUT2D eigenvalue weighted by Gasteiger charge is 2.10. The first-order valence-corrected chi connectivity index (χ1v) is 8.35. The molecule has 0 aliphatic heterocycles. The smallest absolute Gasteiger partial charge is 0.161 e. The highest BCUT2D eigenvalue weighted by molar-refractivity contribution is 5.56. The minimum absolute atomic E-state index is 0.0144. The van der Waals surface area contributed by atoms with Gasteiger partial charge in [-0.25, -0.2) is 0 Å². The van der Waals surface area contributed by atoms with Crippen molar-refractivity contribution in [3.8, 4) is 17.2 Å². The van der Waals surface area contributed by atoms with E-state index in [1.54, 1.807) is 7.11 Å². The van der Waals surface area contributed by atoms with Gasteiger partial charge in [-0.05, 0) is 37.1 Å². The molecule has 0 amide bonds. The highest BCUT2D eigenvalue weighted by atomic mass is 16.5. The summed E-state index contributed by atoms with van der Waals surface area (Å²) in [6.07, 6.45) is -0.0144. The van der Waals surface area contributed by atoms with E-state index in [9.17, 15) is 0 Å². The number of rotatable bonds is 9. The molecule has 24 heavy (non-hydrogen) atoms. The maximum Gasteiger partial charge on any atom is 0.161 e. The van der Waals surface area contributed by atoms with E-state index >= 15 is 0 Å². The second-order valence-corrected chi connectivity index (χ2v) is 6.16. The molecule has 4 heteroatoms. The van der Waals surface area contributed by atoms with Crippen molar-refractivity contribution >= 4 is 5.69 Å². The van der Waals surface area contributed by atoms with Crippen LogP contribution in [0.2, 0.25) is 0 Å². The Labute approximate surface area is 144 Å². The van der Waals surface area contributed by atoms with Crippen LogP contribution in [-0.2, 0) is 0 Å². The van der Waals surface area contributed by atoms with Crippen LogP contribution in [0.25, 0.3) is 0 Å². The third kappa shape index (κ3) is 5.37. The summed E-state index contributed by atoms with van der Waals surface area (Å²) in [5.74, 6) is 2.85. The van der Waals surface area contributed by atoms with Gasteiger partial charge >= 0.3 is 0 Å². The number of para-hydroxylation sites is 4. The number of methoxy groups -OCH3 is 1. The lowest BCUT2D eigenvalue weighted by atomic mass is 10.2. The Bertz CT molecular complexity index is 628. The average molecular weight is 329 g/mol. The molecule has 0 fully saturated rings. The molecule has 0 saturated carbocycles. The minimum Gasteiger partial charge on any atom is -0.493 e. The average Bonchev–Trinajstić information content (AvgIpc) is 2.59. The summed E-state index contributed by atoms with van der Waals surface area (Å²) < 4.78 is 17.1. The van der Waals surface area contributed by atoms with Crippen LogP contribution in [0.4, 0.5) is 5.69 Å². The molecule has 0 aliphatic rings. The molecule has 2 aromatic carbocycles. The summed E-state index contributed by atoms with van der Waals surface area (Å²) in [5, 5.41) is 3.40. The first-order chi connectivity index (χ1) is 11.6. The molecule has 0 aromatic heterocycles. The van der Waals surface area contributed by atoms with E-state index in [-0.39, 0.29) is 6.10 Å². The molecule has 130 valence electrons. The van der Waals surface area contributed by atoms with Gasteiger partial charge in [0, 0.05) is 0 Å². The summed E-state index contributed by atoms with van der Waals surface area (Å²) in [6.45, 7) is 7.67. The van der Waals surface area contributed by atoms with Gasteiger partial charge in [-0.2, -0.15) is 0 Å². The Kier molecular flexibility index (Phi) is 6.79. The number of hydrogen-bond acceptors (Lipinski definition) is 4. The highest BCUT2D eigenvalue weighted by Crippen LogP contribution is 2.27. The summed E-state index contributed by atoms with van der Waals surface area (Å²) in [6, 6.07) is 15.7. The molecule has 4 nitrogen and oxygen atoms in total. The monoisotopic (exact) mass is 329 g/mol. The van der Waals surface area contributed by atoms with Crippen LogP contribution in [0.3, 0.4) is 0 Å². The molecule has 1 atom stereocenters. The molecular formula is C20H27NO3. The Morgan fingerprint density at radius 2 is 1.50 bits per heavy atom. The van der Waals surface area contributed by atoms with Gasteiger partial charge in [-0.1, -0.05) is 38.1 Å². The van der Waals surface area contributed by atoms with Crippen LogP contribution >= 0.6 is 0 Å². The third-order valence-electron chi connectivity index (χ3n) is 3.44. The molecule has 0 radical (unpaired) electrons. The fraction of sp³-hybridized carbons (Fsp3) is 0.400. The maximum absolute atomic E-state index is 5.97. The molecular weight excluding hydrogens is 302 g/mol. The zero-order valence-corrected chi connectivity index (χ0v) is 14.9. The molecule has 0 heterocycles. The summed E-state index contributed by atoms with van der Waals surface area (Å²) >= 11 is 0. The number of nitrogens with one attached hydrogen (secondary N) is 1. The Hall–Kier alpha value is -2.36. The predicted molar refractivity (Wildman–Crippen MR) is 98.3 cm³/mol. The van der Waals surface area contributed by atoms with Gasteiger partial charge < -0.3 is 19.5 Å². The second kappa shape index (κ2) is 9.06. The van der Waals surface area contributed by atoms with Crippen molar-refractivity contribution in [3.05, 3.63) is 48.5 Å². The molecule has 2 aromatic rings. The fourth-order valence-corrected chi connectivity index (χ4v) is 2.22. The number of ether oxygens (including phenoxy) is 3. The van der Waals surface area contributed by atoms with Crippen molar-refractivity contribution in [2.45, 2.75) is 26.9 Å². The Balaban J connectivity index is 1.93. The van der Waals surface area contributed by atoms with Gasteiger partial charge in [-0.3, -0.25) is 0 Å². The van der Waals surface area contributed by atoms with Crippen LogP contribution < -0.4 is 19.5 Å². The van der Waals surface area contributed by atoms with Crippen molar-refractivity contribution in [2.24, 2.45) is 5.92 Å². The zero-order chi connectivity index (χ0) is 17.4. The second-order valence-electron chi connectivity index (χ2n) is 6.16. The van der Waals surface area contributed by atoms with Crippen LogP contribution in [0.5, 0.6) is 17.2 Å². The maximum atomic E-state index is 5.97. The lowest BCUT2D eigenvalue weighted by Crippen LogP contribution is -2.23. The van der Waals surface area contributed by atoms with Crippen molar-refractivity contribution in [1.29, 1.82) is 0 Å². The SMILES string of the molecule is COc1ccccc1OC(C)CNc1ccccc1OCC(C)C. The van der Waals surface area contributed by atoms with Gasteiger partial charge in [-0.15, -0.1) is 0 Å². The largest absolute Gasteiger partial charge is 0.493 e. The zero-order valence-electron chi connectivity index (χ0n) is 14.9. The first kappa shape index (κ1) is 18.0. The molecule has 0 spiro atoms. The predicted octanol–water partition coefficient (Wildman–Crippen LogP) is 4.61. The Morgan fingerprint density at radius 1 is 0.875 bits per heavy atom. The van der Waals surface area contributed by atoms with Gasteiger partial charge in [0.1, 0.15) is 11.9 Å². The Morgan fingerprint density at radius 3 is 2.17 bits per heavy atom. The van der Waals surface area contributed by atoms with E-state index in [0.29, 0.717) is 19.1 Å². The van der Waals surface area contributed by atoms with Crippen molar-refractivity contribution in [2.75, 3.05) is 25.6 Å². The molecule has 0 aliphatic carbocycles. The number of benzene rings is 2. The molecule has 0 bridgehead atoms. The van der Waals surface area contributed by atoms with E-state index in [4.69, 9.17) is 14.2 Å². The molecule has 0 saturated heterocycles. The van der Waals surface area contributed by atoms with E-state index in [1.165, 1.54) is 0 Å². The minimum atomic E-state index is -0.0144. The summed E-state index contributed by atoms with van der Waals surface area (Å²) in [4.78, 5) is 0. The first-order valence-electron chi connectivity index (χ1n) is 8.35. The van der Waals surface area contributed by atoms with E-state index in [2.05, 4.69) is 19.2 Å². The van der Waals surface area contributed by atoms with Gasteiger partial charge in [0.2, 0.25) is 0 Å². The van der Waals surface area contributed by atoms with Crippen LogP contribution in [-0.4, -0.2) is 26.4 Å². The molecule has 1 N–H and O–H groups in total. The van der Waals surface area contributed by atoms with Crippen molar-refractivity contribution in [1.82, 2.24) is 0 Å². The quantitative estimate of drug-likeness (QED) is 0.729. The van der Waals surface area contributed by atoms with E-state index in [0.717, 1.165) is 22.9 Å². The molecule has 1 unspecified atom stereocenters. The van der Waals surface area contributed by atoms with Crippen molar-refractivity contribution < 1.29 is 14.2 Å².